The zero-order valence-electron chi connectivity index (χ0n) is 15.3. The molecule has 3 heterocycles. The number of anilines is 2. The van der Waals surface area contributed by atoms with Gasteiger partial charge in [-0.1, -0.05) is 6.92 Å². The van der Waals surface area contributed by atoms with E-state index in [9.17, 15) is 14.3 Å². The summed E-state index contributed by atoms with van der Waals surface area (Å²) < 4.78 is 14.9. The summed E-state index contributed by atoms with van der Waals surface area (Å²) in [4.78, 5) is 22.6. The maximum atomic E-state index is 13.2. The number of aryl methyl sites for hydroxylation is 1. The third-order valence-electron chi connectivity index (χ3n) is 4.48. The van der Waals surface area contributed by atoms with Gasteiger partial charge in [0.1, 0.15) is 17.3 Å². The van der Waals surface area contributed by atoms with E-state index < -0.39 is 5.97 Å². The van der Waals surface area contributed by atoms with Gasteiger partial charge in [0.15, 0.2) is 5.13 Å². The molecule has 1 aromatic carbocycles. The van der Waals surface area contributed by atoms with Gasteiger partial charge in [-0.25, -0.2) is 19.2 Å². The van der Waals surface area contributed by atoms with Crippen molar-refractivity contribution >= 4 is 33.9 Å². The second-order valence-electron chi connectivity index (χ2n) is 6.27. The molecule has 4 rings (SSSR count). The molecular weight excluding hydrogens is 379 g/mol. The predicted molar refractivity (Wildman–Crippen MR) is 107 cm³/mol. The smallest absolute Gasteiger partial charge is 0.337 e. The third-order valence-corrected chi connectivity index (χ3v) is 5.40. The summed E-state index contributed by atoms with van der Waals surface area (Å²) in [6, 6.07) is 9.45. The maximum absolute atomic E-state index is 13.2. The van der Waals surface area contributed by atoms with E-state index in [1.54, 1.807) is 34.9 Å². The molecule has 8 heteroatoms. The molecule has 0 aliphatic carbocycles. The summed E-state index contributed by atoms with van der Waals surface area (Å²) in [5.74, 6) is -0.500. The molecule has 0 fully saturated rings. The Kier molecular flexibility index (Phi) is 4.56. The lowest BCUT2D eigenvalue weighted by atomic mass is 10.2. The highest BCUT2D eigenvalue weighted by Gasteiger charge is 2.20. The fraction of sp³-hybridized carbons (Fsp3) is 0.150. The van der Waals surface area contributed by atoms with E-state index in [4.69, 9.17) is 0 Å². The van der Waals surface area contributed by atoms with Crippen LogP contribution in [0.3, 0.4) is 0 Å². The SMILES string of the molecule is CCc1nc2ccc(C(=O)O)cn2c1N(C)c1nc(-c2ccc(F)cc2)cs1. The number of halogens is 1. The Morgan fingerprint density at radius 1 is 1.21 bits per heavy atom. The molecular formula is C20H17FN4O2S. The number of rotatable bonds is 5. The molecule has 0 bridgehead atoms. The number of carbonyl (C=O) groups is 1. The van der Waals surface area contributed by atoms with Crippen LogP contribution < -0.4 is 4.90 Å². The Morgan fingerprint density at radius 3 is 2.64 bits per heavy atom. The first-order chi connectivity index (χ1) is 13.5. The van der Waals surface area contributed by atoms with Gasteiger partial charge in [0, 0.05) is 24.2 Å². The Labute approximate surface area is 164 Å². The van der Waals surface area contributed by atoms with Crippen molar-refractivity contribution in [2.45, 2.75) is 13.3 Å². The van der Waals surface area contributed by atoms with Gasteiger partial charge in [-0.3, -0.25) is 4.40 Å². The average Bonchev–Trinajstić information content (AvgIpc) is 3.32. The zero-order valence-corrected chi connectivity index (χ0v) is 16.1. The lowest BCUT2D eigenvalue weighted by Gasteiger charge is -2.17. The monoisotopic (exact) mass is 396 g/mol. The van der Waals surface area contributed by atoms with Gasteiger partial charge >= 0.3 is 5.97 Å². The van der Waals surface area contributed by atoms with E-state index in [1.807, 2.05) is 24.3 Å². The molecule has 28 heavy (non-hydrogen) atoms. The number of carboxylic acids is 1. The highest BCUT2D eigenvalue weighted by Crippen LogP contribution is 2.33. The van der Waals surface area contributed by atoms with Crippen molar-refractivity contribution in [2.24, 2.45) is 0 Å². The largest absolute Gasteiger partial charge is 0.478 e. The lowest BCUT2D eigenvalue weighted by molar-refractivity contribution is 0.0696. The molecule has 0 saturated carbocycles. The van der Waals surface area contributed by atoms with E-state index in [0.29, 0.717) is 12.1 Å². The highest BCUT2D eigenvalue weighted by atomic mass is 32.1. The molecule has 0 saturated heterocycles. The summed E-state index contributed by atoms with van der Waals surface area (Å²) in [5.41, 5.74) is 3.31. The molecule has 0 radical (unpaired) electrons. The zero-order chi connectivity index (χ0) is 19.8. The van der Waals surface area contributed by atoms with Crippen molar-refractivity contribution in [1.82, 2.24) is 14.4 Å². The number of imidazole rings is 1. The minimum atomic E-state index is -0.991. The number of nitrogens with zero attached hydrogens (tertiary/aromatic N) is 4. The minimum Gasteiger partial charge on any atom is -0.478 e. The molecule has 1 N–H and O–H groups in total. The first-order valence-corrected chi connectivity index (χ1v) is 9.55. The molecule has 0 unspecified atom stereocenters. The van der Waals surface area contributed by atoms with Crippen LogP contribution in [-0.4, -0.2) is 32.5 Å². The van der Waals surface area contributed by atoms with E-state index in [-0.39, 0.29) is 11.4 Å². The molecule has 0 aliphatic heterocycles. The van der Waals surface area contributed by atoms with Gasteiger partial charge in [-0.2, -0.15) is 0 Å². The standard InChI is InChI=1S/C20H17FN4O2S/c1-3-15-18(25-10-13(19(26)27)6-9-17(25)22-15)24(2)20-23-16(11-28-20)12-4-7-14(21)8-5-12/h4-11H,3H2,1-2H3,(H,26,27). The van der Waals surface area contributed by atoms with Crippen LogP contribution in [-0.2, 0) is 6.42 Å². The van der Waals surface area contributed by atoms with Crippen molar-refractivity contribution in [3.05, 3.63) is 65.0 Å². The number of benzene rings is 1. The van der Waals surface area contributed by atoms with Crippen LogP contribution in [0, 0.1) is 5.82 Å². The normalized spacial score (nSPS) is 11.1. The van der Waals surface area contributed by atoms with Gasteiger partial charge in [-0.15, -0.1) is 11.3 Å². The average molecular weight is 396 g/mol. The minimum absolute atomic E-state index is 0.188. The third kappa shape index (κ3) is 3.11. The van der Waals surface area contributed by atoms with Crippen molar-refractivity contribution in [3.63, 3.8) is 0 Å². The van der Waals surface area contributed by atoms with Crippen molar-refractivity contribution in [1.29, 1.82) is 0 Å². The first kappa shape index (κ1) is 18.1. The summed E-state index contributed by atoms with van der Waals surface area (Å²) in [6.07, 6.45) is 2.27. The summed E-state index contributed by atoms with van der Waals surface area (Å²) in [5, 5.41) is 12.0. The van der Waals surface area contributed by atoms with Crippen LogP contribution >= 0.6 is 11.3 Å². The van der Waals surface area contributed by atoms with Crippen molar-refractivity contribution in [3.8, 4) is 11.3 Å². The summed E-state index contributed by atoms with van der Waals surface area (Å²) >= 11 is 1.46. The molecule has 0 atom stereocenters. The van der Waals surface area contributed by atoms with Gasteiger partial charge < -0.3 is 10.0 Å². The molecule has 0 amide bonds. The Morgan fingerprint density at radius 2 is 1.96 bits per heavy atom. The highest BCUT2D eigenvalue weighted by molar-refractivity contribution is 7.14. The number of pyridine rings is 1. The van der Waals surface area contributed by atoms with E-state index in [2.05, 4.69) is 9.97 Å². The van der Waals surface area contributed by atoms with Crippen molar-refractivity contribution < 1.29 is 14.3 Å². The number of carboxylic acid groups (broad SMARTS) is 1. The quantitative estimate of drug-likeness (QED) is 0.533. The topological polar surface area (TPSA) is 70.7 Å². The molecule has 0 spiro atoms. The fourth-order valence-corrected chi connectivity index (χ4v) is 3.86. The summed E-state index contributed by atoms with van der Waals surface area (Å²) in [7, 11) is 1.88. The summed E-state index contributed by atoms with van der Waals surface area (Å²) in [6.45, 7) is 2.00. The number of hydrogen-bond acceptors (Lipinski definition) is 5. The second-order valence-corrected chi connectivity index (χ2v) is 7.10. The molecule has 0 aliphatic rings. The van der Waals surface area contributed by atoms with Crippen LogP contribution in [0.4, 0.5) is 15.3 Å². The van der Waals surface area contributed by atoms with E-state index in [1.165, 1.54) is 23.5 Å². The molecule has 4 aromatic rings. The van der Waals surface area contributed by atoms with Gasteiger partial charge in [0.25, 0.3) is 0 Å². The van der Waals surface area contributed by atoms with Crippen molar-refractivity contribution in [2.75, 3.05) is 11.9 Å². The molecule has 142 valence electrons. The van der Waals surface area contributed by atoms with Crippen LogP contribution in [0.5, 0.6) is 0 Å². The Bertz CT molecular complexity index is 1170. The number of thiazole rings is 1. The maximum Gasteiger partial charge on any atom is 0.337 e. The number of hydrogen-bond donors (Lipinski definition) is 1. The van der Waals surface area contributed by atoms with E-state index in [0.717, 1.165) is 27.9 Å². The Hall–Kier alpha value is -3.26. The van der Waals surface area contributed by atoms with Gasteiger partial charge in [0.2, 0.25) is 0 Å². The first-order valence-electron chi connectivity index (χ1n) is 8.67. The van der Waals surface area contributed by atoms with Gasteiger partial charge in [0.05, 0.1) is 17.0 Å². The molecule has 3 aromatic heterocycles. The van der Waals surface area contributed by atoms with Crippen LogP contribution in [0.25, 0.3) is 16.9 Å². The van der Waals surface area contributed by atoms with Crippen LogP contribution in [0.1, 0.15) is 23.0 Å². The van der Waals surface area contributed by atoms with Gasteiger partial charge in [-0.05, 0) is 42.8 Å². The Balaban J connectivity index is 1.78. The number of fused-ring (bicyclic) bond motifs is 1. The number of aromatic nitrogens is 3. The number of aromatic carboxylic acids is 1. The lowest BCUT2D eigenvalue weighted by Crippen LogP contribution is -2.14. The predicted octanol–water partition coefficient (Wildman–Crippen LogP) is 4.63. The fourth-order valence-electron chi connectivity index (χ4n) is 3.06. The second kappa shape index (κ2) is 7.05. The van der Waals surface area contributed by atoms with E-state index >= 15 is 0 Å². The van der Waals surface area contributed by atoms with Crippen LogP contribution in [0.2, 0.25) is 0 Å². The van der Waals surface area contributed by atoms with Crippen LogP contribution in [0.15, 0.2) is 48.0 Å². The molecule has 6 nitrogen and oxygen atoms in total.